The van der Waals surface area contributed by atoms with Crippen molar-refractivity contribution in [3.05, 3.63) is 83.1 Å². The van der Waals surface area contributed by atoms with E-state index in [0.717, 1.165) is 11.1 Å². The Bertz CT molecular complexity index is 1210. The van der Waals surface area contributed by atoms with Crippen molar-refractivity contribution in [2.75, 3.05) is 0 Å². The SMILES string of the molecule is Cc1ccc(CSc2oc(-c3ccco3)nc2S(=O)(=O)c2ccc(Cl)cc2)cc1. The van der Waals surface area contributed by atoms with Gasteiger partial charge in [0.15, 0.2) is 5.76 Å². The second-order valence-corrected chi connectivity index (χ2v) is 9.57. The molecule has 2 heterocycles. The summed E-state index contributed by atoms with van der Waals surface area (Å²) in [6, 6.07) is 17.3. The average Bonchev–Trinajstić information content (AvgIpc) is 3.38. The van der Waals surface area contributed by atoms with Crippen LogP contribution in [0.4, 0.5) is 0 Å². The number of nitrogens with zero attached hydrogens (tertiary/aromatic N) is 1. The van der Waals surface area contributed by atoms with Crippen molar-refractivity contribution in [1.82, 2.24) is 4.98 Å². The Hall–Kier alpha value is -2.48. The molecule has 0 saturated heterocycles. The molecule has 0 unspecified atom stereocenters. The number of benzene rings is 2. The molecular weight excluding hydrogens is 430 g/mol. The minimum absolute atomic E-state index is 0.0957. The second kappa shape index (κ2) is 8.10. The van der Waals surface area contributed by atoms with Gasteiger partial charge in [-0.25, -0.2) is 8.42 Å². The molecule has 0 aliphatic carbocycles. The van der Waals surface area contributed by atoms with E-state index in [4.69, 9.17) is 20.4 Å². The molecule has 2 aromatic carbocycles. The fraction of sp³-hybridized carbons (Fsp3) is 0.0952. The third-order valence-electron chi connectivity index (χ3n) is 4.17. The van der Waals surface area contributed by atoms with Crippen molar-refractivity contribution in [3.8, 4) is 11.7 Å². The van der Waals surface area contributed by atoms with Crippen LogP contribution in [0.25, 0.3) is 11.7 Å². The number of aryl methyl sites for hydroxylation is 1. The Morgan fingerprint density at radius 3 is 2.41 bits per heavy atom. The topological polar surface area (TPSA) is 73.3 Å². The van der Waals surface area contributed by atoms with Gasteiger partial charge in [0.05, 0.1) is 11.2 Å². The van der Waals surface area contributed by atoms with Gasteiger partial charge in [-0.2, -0.15) is 4.98 Å². The lowest BCUT2D eigenvalue weighted by molar-refractivity contribution is 0.451. The number of furan rings is 1. The Morgan fingerprint density at radius 1 is 1.03 bits per heavy atom. The fourth-order valence-corrected chi connectivity index (χ4v) is 5.23. The highest BCUT2D eigenvalue weighted by Crippen LogP contribution is 2.36. The van der Waals surface area contributed by atoms with Crippen LogP contribution < -0.4 is 0 Å². The van der Waals surface area contributed by atoms with Crippen LogP contribution in [0.2, 0.25) is 5.02 Å². The van der Waals surface area contributed by atoms with Crippen LogP contribution in [0, 0.1) is 6.92 Å². The zero-order chi connectivity index (χ0) is 20.4. The van der Waals surface area contributed by atoms with Crippen molar-refractivity contribution < 1.29 is 17.3 Å². The quantitative estimate of drug-likeness (QED) is 0.338. The molecule has 0 bridgehead atoms. The van der Waals surface area contributed by atoms with Gasteiger partial charge < -0.3 is 8.83 Å². The summed E-state index contributed by atoms with van der Waals surface area (Å²) in [6.07, 6.45) is 1.48. The van der Waals surface area contributed by atoms with Crippen LogP contribution in [0.15, 0.2) is 90.8 Å². The predicted molar refractivity (Wildman–Crippen MR) is 112 cm³/mol. The Morgan fingerprint density at radius 2 is 1.76 bits per heavy atom. The summed E-state index contributed by atoms with van der Waals surface area (Å²) in [5, 5.41) is 0.532. The minimum Gasteiger partial charge on any atom is -0.459 e. The molecule has 4 aromatic rings. The zero-order valence-corrected chi connectivity index (χ0v) is 17.7. The van der Waals surface area contributed by atoms with E-state index < -0.39 is 9.84 Å². The monoisotopic (exact) mass is 445 g/mol. The van der Waals surface area contributed by atoms with Crippen molar-refractivity contribution in [2.24, 2.45) is 0 Å². The molecule has 2 aromatic heterocycles. The first kappa shape index (κ1) is 19.8. The van der Waals surface area contributed by atoms with E-state index in [-0.39, 0.29) is 20.9 Å². The summed E-state index contributed by atoms with van der Waals surface area (Å²) in [5.74, 6) is 1.02. The van der Waals surface area contributed by atoms with Gasteiger partial charge in [-0.1, -0.05) is 53.2 Å². The lowest BCUT2D eigenvalue weighted by Gasteiger charge is -2.04. The number of sulfone groups is 1. The normalized spacial score (nSPS) is 11.7. The summed E-state index contributed by atoms with van der Waals surface area (Å²) in [5.41, 5.74) is 2.20. The van der Waals surface area contributed by atoms with Crippen molar-refractivity contribution in [1.29, 1.82) is 0 Å². The van der Waals surface area contributed by atoms with E-state index in [9.17, 15) is 8.42 Å². The predicted octanol–water partition coefficient (Wildman–Crippen LogP) is 6.02. The molecule has 0 fully saturated rings. The van der Waals surface area contributed by atoms with Crippen LogP contribution in [-0.4, -0.2) is 13.4 Å². The Balaban J connectivity index is 1.73. The van der Waals surface area contributed by atoms with Gasteiger partial charge in [0.25, 0.3) is 5.89 Å². The largest absolute Gasteiger partial charge is 0.459 e. The Labute approximate surface area is 177 Å². The molecule has 148 valence electrons. The first-order chi connectivity index (χ1) is 13.9. The van der Waals surface area contributed by atoms with E-state index >= 15 is 0 Å². The summed E-state index contributed by atoms with van der Waals surface area (Å²) in [6.45, 7) is 2.01. The van der Waals surface area contributed by atoms with Crippen LogP contribution in [0.1, 0.15) is 11.1 Å². The molecular formula is C21H16ClNO4S2. The van der Waals surface area contributed by atoms with Crippen molar-refractivity contribution >= 4 is 33.2 Å². The molecule has 0 aliphatic rings. The number of rotatable bonds is 6. The van der Waals surface area contributed by atoms with Crippen LogP contribution in [-0.2, 0) is 15.6 Å². The van der Waals surface area contributed by atoms with Gasteiger partial charge in [0, 0.05) is 10.8 Å². The zero-order valence-electron chi connectivity index (χ0n) is 15.3. The molecule has 29 heavy (non-hydrogen) atoms. The number of hydrogen-bond acceptors (Lipinski definition) is 6. The highest BCUT2D eigenvalue weighted by atomic mass is 35.5. The highest BCUT2D eigenvalue weighted by molar-refractivity contribution is 7.99. The van der Waals surface area contributed by atoms with Gasteiger partial charge in [-0.3, -0.25) is 0 Å². The number of aromatic nitrogens is 1. The van der Waals surface area contributed by atoms with E-state index in [1.807, 2.05) is 31.2 Å². The summed E-state index contributed by atoms with van der Waals surface area (Å²) in [4.78, 5) is 4.34. The number of halogens is 1. The number of hydrogen-bond donors (Lipinski definition) is 0. The van der Waals surface area contributed by atoms with Gasteiger partial charge in [-0.15, -0.1) is 0 Å². The van der Waals surface area contributed by atoms with Crippen LogP contribution in [0.5, 0.6) is 0 Å². The van der Waals surface area contributed by atoms with Crippen molar-refractivity contribution in [2.45, 2.75) is 27.7 Å². The lowest BCUT2D eigenvalue weighted by atomic mass is 10.2. The average molecular weight is 446 g/mol. The number of thioether (sulfide) groups is 1. The van der Waals surface area contributed by atoms with E-state index in [0.29, 0.717) is 16.5 Å². The lowest BCUT2D eigenvalue weighted by Crippen LogP contribution is -2.03. The molecule has 0 saturated carbocycles. The van der Waals surface area contributed by atoms with Gasteiger partial charge in [0.1, 0.15) is 0 Å². The first-order valence-corrected chi connectivity index (χ1v) is 11.5. The standard InChI is InChI=1S/C21H16ClNO4S2/c1-14-4-6-15(7-5-14)13-28-21-20(23-19(27-21)18-3-2-12-26-18)29(24,25)17-10-8-16(22)9-11-17/h2-12H,13H2,1H3. The summed E-state index contributed by atoms with van der Waals surface area (Å²) < 4.78 is 37.5. The molecule has 0 spiro atoms. The summed E-state index contributed by atoms with van der Waals surface area (Å²) >= 11 is 7.17. The maximum atomic E-state index is 13.2. The van der Waals surface area contributed by atoms with Crippen LogP contribution in [0.3, 0.4) is 0 Å². The molecule has 4 rings (SSSR count). The smallest absolute Gasteiger partial charge is 0.265 e. The summed E-state index contributed by atoms with van der Waals surface area (Å²) in [7, 11) is -3.89. The fourth-order valence-electron chi connectivity index (χ4n) is 2.62. The Kier molecular flexibility index (Phi) is 5.54. The van der Waals surface area contributed by atoms with E-state index in [1.165, 1.54) is 42.3 Å². The first-order valence-electron chi connectivity index (χ1n) is 8.67. The van der Waals surface area contributed by atoms with Crippen molar-refractivity contribution in [3.63, 3.8) is 0 Å². The minimum atomic E-state index is -3.89. The van der Waals surface area contributed by atoms with Gasteiger partial charge in [-0.05, 0) is 48.9 Å². The molecule has 8 heteroatoms. The second-order valence-electron chi connectivity index (χ2n) is 6.32. The number of oxazole rings is 1. The molecule has 0 atom stereocenters. The van der Waals surface area contributed by atoms with Gasteiger partial charge >= 0.3 is 0 Å². The van der Waals surface area contributed by atoms with E-state index in [2.05, 4.69) is 4.98 Å². The molecule has 0 aliphatic heterocycles. The third kappa shape index (κ3) is 4.27. The molecule has 0 amide bonds. The highest BCUT2D eigenvalue weighted by Gasteiger charge is 2.29. The molecule has 0 radical (unpaired) electrons. The maximum absolute atomic E-state index is 13.2. The van der Waals surface area contributed by atoms with Crippen LogP contribution >= 0.6 is 23.4 Å². The van der Waals surface area contributed by atoms with E-state index in [1.54, 1.807) is 12.1 Å². The molecule has 0 N–H and O–H groups in total. The molecule has 5 nitrogen and oxygen atoms in total. The maximum Gasteiger partial charge on any atom is 0.265 e. The third-order valence-corrected chi connectivity index (χ3v) is 7.24. The van der Waals surface area contributed by atoms with Gasteiger partial charge in [0.2, 0.25) is 20.0 Å².